The summed E-state index contributed by atoms with van der Waals surface area (Å²) in [7, 11) is 0. The van der Waals surface area contributed by atoms with Crippen LogP contribution in [0.25, 0.3) is 5.69 Å². The highest BCUT2D eigenvalue weighted by Gasteiger charge is 2.16. The quantitative estimate of drug-likeness (QED) is 0.385. The number of benzene rings is 1. The molecule has 0 saturated carbocycles. The second kappa shape index (κ2) is 10.7. The Labute approximate surface area is 180 Å². The van der Waals surface area contributed by atoms with Gasteiger partial charge in [0.15, 0.2) is 5.69 Å². The van der Waals surface area contributed by atoms with Gasteiger partial charge in [0.2, 0.25) is 0 Å². The van der Waals surface area contributed by atoms with Crippen molar-refractivity contribution in [1.82, 2.24) is 25.3 Å². The van der Waals surface area contributed by atoms with Crippen LogP contribution in [0, 0.1) is 0 Å². The molecule has 2 heterocycles. The molecular formula is C22H24N6O3. The van der Waals surface area contributed by atoms with Crippen molar-refractivity contribution in [2.24, 2.45) is 0 Å². The normalized spacial score (nSPS) is 10.4. The Morgan fingerprint density at radius 2 is 2.10 bits per heavy atom. The number of rotatable bonds is 10. The first-order valence-corrected chi connectivity index (χ1v) is 9.93. The third kappa shape index (κ3) is 5.75. The maximum atomic E-state index is 12.4. The molecule has 0 spiro atoms. The van der Waals surface area contributed by atoms with E-state index in [1.807, 2.05) is 13.0 Å². The molecule has 0 aliphatic carbocycles. The van der Waals surface area contributed by atoms with Crippen molar-refractivity contribution in [3.63, 3.8) is 0 Å². The summed E-state index contributed by atoms with van der Waals surface area (Å²) in [4.78, 5) is 28.7. The van der Waals surface area contributed by atoms with Crippen LogP contribution < -0.4 is 15.4 Å². The molecule has 0 radical (unpaired) electrons. The highest BCUT2D eigenvalue weighted by molar-refractivity contribution is 6.02. The highest BCUT2D eigenvalue weighted by Crippen LogP contribution is 2.25. The van der Waals surface area contributed by atoms with Crippen molar-refractivity contribution < 1.29 is 14.3 Å². The summed E-state index contributed by atoms with van der Waals surface area (Å²) in [6.07, 6.45) is 6.49. The van der Waals surface area contributed by atoms with Crippen LogP contribution in [0.3, 0.4) is 0 Å². The zero-order valence-electron chi connectivity index (χ0n) is 17.2. The SMILES string of the molecule is C=CCCCOc1cc(C(=O)NCC)ccc1-n1cc(C(=O)Nc2ccccn2)nn1. The number of ether oxygens (including phenoxy) is 1. The topological polar surface area (TPSA) is 111 Å². The predicted molar refractivity (Wildman–Crippen MR) is 116 cm³/mol. The molecule has 3 aromatic rings. The van der Waals surface area contributed by atoms with Crippen molar-refractivity contribution in [2.75, 3.05) is 18.5 Å². The molecule has 0 saturated heterocycles. The van der Waals surface area contributed by atoms with Gasteiger partial charge in [0.25, 0.3) is 11.8 Å². The first-order chi connectivity index (χ1) is 15.1. The average Bonchev–Trinajstić information content (AvgIpc) is 3.28. The van der Waals surface area contributed by atoms with Gasteiger partial charge >= 0.3 is 0 Å². The van der Waals surface area contributed by atoms with E-state index in [4.69, 9.17) is 4.74 Å². The Balaban J connectivity index is 1.83. The van der Waals surface area contributed by atoms with E-state index >= 15 is 0 Å². The molecule has 31 heavy (non-hydrogen) atoms. The van der Waals surface area contributed by atoms with Gasteiger partial charge in [-0.05, 0) is 50.1 Å². The number of nitrogens with zero attached hydrogens (tertiary/aromatic N) is 4. The smallest absolute Gasteiger partial charge is 0.279 e. The molecule has 0 bridgehead atoms. The van der Waals surface area contributed by atoms with E-state index in [0.717, 1.165) is 12.8 Å². The number of pyridine rings is 1. The summed E-state index contributed by atoms with van der Waals surface area (Å²) < 4.78 is 7.34. The van der Waals surface area contributed by atoms with Crippen molar-refractivity contribution in [1.29, 1.82) is 0 Å². The van der Waals surface area contributed by atoms with E-state index in [9.17, 15) is 9.59 Å². The van der Waals surface area contributed by atoms with Crippen LogP contribution in [0.4, 0.5) is 5.82 Å². The maximum Gasteiger partial charge on any atom is 0.279 e. The summed E-state index contributed by atoms with van der Waals surface area (Å²) in [6, 6.07) is 10.2. The van der Waals surface area contributed by atoms with Gasteiger partial charge in [-0.15, -0.1) is 11.7 Å². The standard InChI is InChI=1S/C22H24N6O3/c1-3-5-8-13-31-19-14-16(21(29)23-4-2)10-11-18(19)28-15-17(26-27-28)22(30)25-20-9-6-7-12-24-20/h3,6-7,9-12,14-15H,1,4-5,8,13H2,2H3,(H,23,29)(H,24,25,30). The van der Waals surface area contributed by atoms with E-state index in [1.165, 1.54) is 10.9 Å². The molecule has 2 aromatic heterocycles. The molecular weight excluding hydrogens is 396 g/mol. The lowest BCUT2D eigenvalue weighted by Crippen LogP contribution is -2.22. The fourth-order valence-electron chi connectivity index (χ4n) is 2.74. The number of allylic oxidation sites excluding steroid dienone is 1. The molecule has 9 heteroatoms. The Hall–Kier alpha value is -4.01. The molecule has 0 aliphatic heterocycles. The van der Waals surface area contributed by atoms with Crippen molar-refractivity contribution in [3.05, 3.63) is 72.7 Å². The minimum atomic E-state index is -0.433. The van der Waals surface area contributed by atoms with E-state index in [-0.39, 0.29) is 11.6 Å². The second-order valence-corrected chi connectivity index (χ2v) is 6.54. The average molecular weight is 420 g/mol. The van der Waals surface area contributed by atoms with Crippen LogP contribution in [0.2, 0.25) is 0 Å². The minimum absolute atomic E-state index is 0.121. The molecule has 2 amide bonds. The molecule has 0 aliphatic rings. The largest absolute Gasteiger partial charge is 0.491 e. The zero-order valence-corrected chi connectivity index (χ0v) is 17.2. The molecule has 0 atom stereocenters. The first-order valence-electron chi connectivity index (χ1n) is 9.93. The lowest BCUT2D eigenvalue weighted by Gasteiger charge is -2.12. The maximum absolute atomic E-state index is 12.4. The number of nitrogens with one attached hydrogen (secondary N) is 2. The van der Waals surface area contributed by atoms with Crippen LogP contribution in [0.1, 0.15) is 40.6 Å². The summed E-state index contributed by atoms with van der Waals surface area (Å²) in [6.45, 7) is 6.52. The minimum Gasteiger partial charge on any atom is -0.491 e. The predicted octanol–water partition coefficient (Wildman–Crippen LogP) is 3.01. The van der Waals surface area contributed by atoms with E-state index < -0.39 is 5.91 Å². The highest BCUT2D eigenvalue weighted by atomic mass is 16.5. The second-order valence-electron chi connectivity index (χ2n) is 6.54. The molecule has 0 fully saturated rings. The van der Waals surface area contributed by atoms with Gasteiger partial charge in [0.1, 0.15) is 17.3 Å². The number of carbonyl (C=O) groups is 2. The Morgan fingerprint density at radius 3 is 2.84 bits per heavy atom. The van der Waals surface area contributed by atoms with Crippen molar-refractivity contribution in [2.45, 2.75) is 19.8 Å². The molecule has 2 N–H and O–H groups in total. The zero-order chi connectivity index (χ0) is 22.1. The van der Waals surface area contributed by atoms with E-state index in [2.05, 4.69) is 32.5 Å². The lowest BCUT2D eigenvalue weighted by atomic mass is 10.1. The molecule has 160 valence electrons. The number of hydrogen-bond donors (Lipinski definition) is 2. The number of anilines is 1. The van der Waals surface area contributed by atoms with Crippen molar-refractivity contribution in [3.8, 4) is 11.4 Å². The molecule has 0 unspecified atom stereocenters. The monoisotopic (exact) mass is 420 g/mol. The van der Waals surface area contributed by atoms with E-state index in [1.54, 1.807) is 42.6 Å². The molecule has 3 rings (SSSR count). The Kier molecular flexibility index (Phi) is 7.47. The van der Waals surface area contributed by atoms with Crippen LogP contribution in [0.15, 0.2) is 61.4 Å². The van der Waals surface area contributed by atoms with Crippen LogP contribution in [0.5, 0.6) is 5.75 Å². The van der Waals surface area contributed by atoms with Crippen LogP contribution in [-0.2, 0) is 0 Å². The fourth-order valence-corrected chi connectivity index (χ4v) is 2.74. The number of aromatic nitrogens is 4. The lowest BCUT2D eigenvalue weighted by molar-refractivity contribution is 0.0954. The number of amides is 2. The van der Waals surface area contributed by atoms with Gasteiger partial charge in [0.05, 0.1) is 12.8 Å². The number of hydrogen-bond acceptors (Lipinski definition) is 6. The molecule has 1 aromatic carbocycles. The van der Waals surface area contributed by atoms with Gasteiger partial charge in [-0.3, -0.25) is 9.59 Å². The fraction of sp³-hybridized carbons (Fsp3) is 0.227. The van der Waals surface area contributed by atoms with Gasteiger partial charge < -0.3 is 15.4 Å². The molecule has 9 nitrogen and oxygen atoms in total. The summed E-state index contributed by atoms with van der Waals surface area (Å²) in [5.41, 5.74) is 1.16. The summed E-state index contributed by atoms with van der Waals surface area (Å²) in [5, 5.41) is 13.4. The summed E-state index contributed by atoms with van der Waals surface area (Å²) in [5.74, 6) is 0.255. The third-order valence-electron chi connectivity index (χ3n) is 4.25. The van der Waals surface area contributed by atoms with Gasteiger partial charge in [-0.25, -0.2) is 9.67 Å². The number of carbonyl (C=O) groups excluding carboxylic acids is 2. The van der Waals surface area contributed by atoms with Gasteiger partial charge in [-0.2, -0.15) is 0 Å². The van der Waals surface area contributed by atoms with Crippen LogP contribution in [-0.4, -0.2) is 44.9 Å². The van der Waals surface area contributed by atoms with Crippen molar-refractivity contribution >= 4 is 17.6 Å². The number of unbranched alkanes of at least 4 members (excludes halogenated alkanes) is 1. The van der Waals surface area contributed by atoms with Gasteiger partial charge in [-0.1, -0.05) is 17.4 Å². The first kappa shape index (κ1) is 21.7. The Morgan fingerprint density at radius 1 is 1.23 bits per heavy atom. The third-order valence-corrected chi connectivity index (χ3v) is 4.25. The van der Waals surface area contributed by atoms with Crippen LogP contribution >= 0.6 is 0 Å². The Bertz CT molecular complexity index is 1050. The van der Waals surface area contributed by atoms with Gasteiger partial charge in [0, 0.05) is 18.3 Å². The van der Waals surface area contributed by atoms with E-state index in [0.29, 0.717) is 36.0 Å². The summed E-state index contributed by atoms with van der Waals surface area (Å²) >= 11 is 0.